The van der Waals surface area contributed by atoms with E-state index in [1.807, 2.05) is 0 Å². The average molecular weight is 533 g/mol. The number of hydrogen-bond donors (Lipinski definition) is 4. The SMILES string of the molecule is C#CCCC(=O)NCCOCCOCC(=O)NCCOCCOCC(=O)NCCOCCOCC(N)=O. The molecular formula is C23H40N4O10. The lowest BCUT2D eigenvalue weighted by atomic mass is 10.3. The molecule has 0 aliphatic rings. The molecule has 0 bridgehead atoms. The molecule has 0 aromatic carbocycles. The van der Waals surface area contributed by atoms with Gasteiger partial charge in [-0.2, -0.15) is 0 Å². The molecule has 4 amide bonds. The van der Waals surface area contributed by atoms with Gasteiger partial charge in [0.25, 0.3) is 0 Å². The van der Waals surface area contributed by atoms with E-state index in [-0.39, 0.29) is 77.2 Å². The van der Waals surface area contributed by atoms with Gasteiger partial charge in [0.1, 0.15) is 19.8 Å². The minimum atomic E-state index is -0.543. The molecule has 0 unspecified atom stereocenters. The predicted molar refractivity (Wildman–Crippen MR) is 131 cm³/mol. The molecule has 0 spiro atoms. The van der Waals surface area contributed by atoms with Gasteiger partial charge in [0.2, 0.25) is 23.6 Å². The summed E-state index contributed by atoms with van der Waals surface area (Å²) in [5.41, 5.74) is 4.92. The maximum atomic E-state index is 11.7. The highest BCUT2D eigenvalue weighted by Crippen LogP contribution is 1.86. The van der Waals surface area contributed by atoms with Crippen molar-refractivity contribution in [3.05, 3.63) is 0 Å². The van der Waals surface area contributed by atoms with Crippen LogP contribution < -0.4 is 21.7 Å². The standard InChI is InChI=1S/C23H40N4O10/c1-2-3-4-21(29)25-5-8-32-12-15-36-18-23(31)27-7-10-34-13-16-37-19-22(30)26-6-9-33-11-14-35-17-20(24)28/h1H,3-19H2,(H2,24,28)(H,25,29)(H,26,30)(H,27,31). The smallest absolute Gasteiger partial charge is 0.246 e. The van der Waals surface area contributed by atoms with Crippen LogP contribution in [0, 0.1) is 12.3 Å². The lowest BCUT2D eigenvalue weighted by Gasteiger charge is -2.09. The summed E-state index contributed by atoms with van der Waals surface area (Å²) >= 11 is 0. The topological polar surface area (TPSA) is 186 Å². The fraction of sp³-hybridized carbons (Fsp3) is 0.739. The van der Waals surface area contributed by atoms with Crippen LogP contribution in [0.5, 0.6) is 0 Å². The molecule has 5 N–H and O–H groups in total. The van der Waals surface area contributed by atoms with Crippen LogP contribution in [-0.4, -0.2) is 123 Å². The average Bonchev–Trinajstić information content (AvgIpc) is 2.87. The van der Waals surface area contributed by atoms with Crippen LogP contribution in [0.2, 0.25) is 0 Å². The van der Waals surface area contributed by atoms with Crippen LogP contribution in [0.25, 0.3) is 0 Å². The highest BCUT2D eigenvalue weighted by molar-refractivity contribution is 5.77. The molecule has 212 valence electrons. The fourth-order valence-corrected chi connectivity index (χ4v) is 2.33. The predicted octanol–water partition coefficient (Wildman–Crippen LogP) is -2.67. The zero-order valence-electron chi connectivity index (χ0n) is 21.3. The van der Waals surface area contributed by atoms with Crippen LogP contribution in [0.15, 0.2) is 0 Å². The van der Waals surface area contributed by atoms with E-state index >= 15 is 0 Å². The van der Waals surface area contributed by atoms with Crippen molar-refractivity contribution < 1.29 is 47.6 Å². The second kappa shape index (κ2) is 26.3. The number of ether oxygens (including phenoxy) is 6. The van der Waals surface area contributed by atoms with E-state index in [1.165, 1.54) is 0 Å². The van der Waals surface area contributed by atoms with Crippen LogP contribution >= 0.6 is 0 Å². The normalized spacial score (nSPS) is 10.5. The third kappa shape index (κ3) is 27.6. The molecule has 0 rings (SSSR count). The summed E-state index contributed by atoms with van der Waals surface area (Å²) in [4.78, 5) is 45.0. The Balaban J connectivity index is 3.32. The maximum Gasteiger partial charge on any atom is 0.246 e. The quantitative estimate of drug-likeness (QED) is 0.0676. The number of amides is 4. The first-order valence-electron chi connectivity index (χ1n) is 11.9. The van der Waals surface area contributed by atoms with Crippen molar-refractivity contribution in [2.45, 2.75) is 12.8 Å². The number of nitrogens with one attached hydrogen (secondary N) is 3. The number of nitrogens with two attached hydrogens (primary N) is 1. The highest BCUT2D eigenvalue weighted by Gasteiger charge is 2.03. The number of primary amides is 1. The summed E-state index contributed by atoms with van der Waals surface area (Å²) in [5.74, 6) is 1.18. The number of terminal acetylenes is 1. The van der Waals surface area contributed by atoms with Gasteiger partial charge in [-0.3, -0.25) is 19.2 Å². The van der Waals surface area contributed by atoms with Crippen molar-refractivity contribution in [2.75, 3.05) is 98.9 Å². The molecule has 0 radical (unpaired) electrons. The lowest BCUT2D eigenvalue weighted by Crippen LogP contribution is -2.32. The molecule has 0 saturated carbocycles. The van der Waals surface area contributed by atoms with Gasteiger partial charge < -0.3 is 50.1 Å². The van der Waals surface area contributed by atoms with E-state index in [9.17, 15) is 19.2 Å². The van der Waals surface area contributed by atoms with Gasteiger partial charge >= 0.3 is 0 Å². The summed E-state index contributed by atoms with van der Waals surface area (Å²) in [7, 11) is 0. The fourth-order valence-electron chi connectivity index (χ4n) is 2.33. The Labute approximate surface area is 217 Å². The van der Waals surface area contributed by atoms with E-state index in [2.05, 4.69) is 21.9 Å². The monoisotopic (exact) mass is 532 g/mol. The van der Waals surface area contributed by atoms with Crippen LogP contribution in [0.1, 0.15) is 12.8 Å². The molecule has 0 saturated heterocycles. The van der Waals surface area contributed by atoms with E-state index in [4.69, 9.17) is 40.6 Å². The van der Waals surface area contributed by atoms with Crippen molar-refractivity contribution >= 4 is 23.6 Å². The minimum Gasteiger partial charge on any atom is -0.377 e. The van der Waals surface area contributed by atoms with Crippen molar-refractivity contribution in [3.8, 4) is 12.3 Å². The largest absolute Gasteiger partial charge is 0.377 e. The first-order valence-corrected chi connectivity index (χ1v) is 11.9. The van der Waals surface area contributed by atoms with E-state index < -0.39 is 5.91 Å². The highest BCUT2D eigenvalue weighted by atomic mass is 16.5. The Kier molecular flexibility index (Phi) is 24.3. The Bertz CT molecular complexity index is 672. The zero-order chi connectivity index (χ0) is 27.4. The van der Waals surface area contributed by atoms with Gasteiger partial charge in [0.15, 0.2) is 0 Å². The molecule has 0 heterocycles. The van der Waals surface area contributed by atoms with Gasteiger partial charge in [0, 0.05) is 32.5 Å². The molecule has 0 aliphatic heterocycles. The Morgan fingerprint density at radius 2 is 0.946 bits per heavy atom. The van der Waals surface area contributed by atoms with E-state index in [0.717, 1.165) is 0 Å². The van der Waals surface area contributed by atoms with Crippen LogP contribution in [-0.2, 0) is 47.6 Å². The molecular weight excluding hydrogens is 492 g/mol. The Morgan fingerprint density at radius 1 is 0.568 bits per heavy atom. The van der Waals surface area contributed by atoms with Gasteiger partial charge in [-0.05, 0) is 0 Å². The van der Waals surface area contributed by atoms with Crippen LogP contribution in [0.3, 0.4) is 0 Å². The Morgan fingerprint density at radius 3 is 1.35 bits per heavy atom. The van der Waals surface area contributed by atoms with Gasteiger partial charge in [-0.15, -0.1) is 12.3 Å². The minimum absolute atomic E-state index is 0.0987. The molecule has 0 aromatic rings. The van der Waals surface area contributed by atoms with Gasteiger partial charge in [-0.1, -0.05) is 0 Å². The molecule has 0 atom stereocenters. The lowest BCUT2D eigenvalue weighted by molar-refractivity contribution is -0.127. The molecule has 0 aliphatic carbocycles. The molecule has 0 fully saturated rings. The number of rotatable bonds is 26. The number of carbonyl (C=O) groups excluding carboxylic acids is 4. The summed E-state index contributed by atoms with van der Waals surface area (Å²) in [5, 5.41) is 7.95. The van der Waals surface area contributed by atoms with Crippen molar-refractivity contribution in [1.82, 2.24) is 16.0 Å². The van der Waals surface area contributed by atoms with E-state index in [0.29, 0.717) is 52.3 Å². The Hall–Kier alpha value is -2.80. The number of carbonyl (C=O) groups is 4. The van der Waals surface area contributed by atoms with Gasteiger partial charge in [0.05, 0.1) is 59.5 Å². The van der Waals surface area contributed by atoms with Crippen molar-refractivity contribution in [3.63, 3.8) is 0 Å². The van der Waals surface area contributed by atoms with E-state index in [1.54, 1.807) is 0 Å². The second-order valence-corrected chi connectivity index (χ2v) is 7.22. The molecule has 14 nitrogen and oxygen atoms in total. The summed E-state index contributed by atoms with van der Waals surface area (Å²) < 4.78 is 31.1. The number of hydrogen-bond acceptors (Lipinski definition) is 10. The third-order valence-electron chi connectivity index (χ3n) is 4.03. The molecule has 37 heavy (non-hydrogen) atoms. The first-order chi connectivity index (χ1) is 18.0. The maximum absolute atomic E-state index is 11.7. The van der Waals surface area contributed by atoms with Crippen LogP contribution in [0.4, 0.5) is 0 Å². The molecule has 0 aromatic heterocycles. The second-order valence-electron chi connectivity index (χ2n) is 7.22. The third-order valence-corrected chi connectivity index (χ3v) is 4.03. The first kappa shape index (κ1) is 34.2. The van der Waals surface area contributed by atoms with Crippen molar-refractivity contribution in [2.24, 2.45) is 5.73 Å². The summed E-state index contributed by atoms with van der Waals surface area (Å²) in [6.07, 6.45) is 5.79. The molecule has 14 heteroatoms. The van der Waals surface area contributed by atoms with Gasteiger partial charge in [-0.25, -0.2) is 0 Å². The zero-order valence-corrected chi connectivity index (χ0v) is 21.3. The van der Waals surface area contributed by atoms with Crippen molar-refractivity contribution in [1.29, 1.82) is 0 Å². The summed E-state index contributed by atoms with van der Waals surface area (Å²) in [6.45, 7) is 3.18. The summed E-state index contributed by atoms with van der Waals surface area (Å²) in [6, 6.07) is 0.